The molecule has 1 nitrogen and oxygen atoms in total. The van der Waals surface area contributed by atoms with Crippen LogP contribution >= 0.6 is 0 Å². The summed E-state index contributed by atoms with van der Waals surface area (Å²) >= 11 is 0. The second-order valence-electron chi connectivity index (χ2n) is 4.29. The van der Waals surface area contributed by atoms with Crippen molar-refractivity contribution >= 4 is 19.0 Å². The molecule has 0 saturated carbocycles. The van der Waals surface area contributed by atoms with Gasteiger partial charge in [-0.2, -0.15) is 0 Å². The molecule has 0 N–H and O–H groups in total. The van der Waals surface area contributed by atoms with Gasteiger partial charge in [0.25, 0.3) is 0 Å². The lowest BCUT2D eigenvalue weighted by Crippen LogP contribution is -2.25. The number of rotatable bonds is 7. The first-order valence-corrected chi connectivity index (χ1v) is 6.38. The van der Waals surface area contributed by atoms with E-state index in [1.807, 2.05) is 12.1 Å². The van der Waals surface area contributed by atoms with Gasteiger partial charge in [0.15, 0.2) is 0 Å². The van der Waals surface area contributed by atoms with Crippen LogP contribution in [-0.4, -0.2) is 20.9 Å². The molecule has 0 saturated heterocycles. The molecule has 0 fully saturated rings. The zero-order valence-electron chi connectivity index (χ0n) is 10.6. The number of benzene rings is 1. The Labute approximate surface area is 101 Å². The smallest absolute Gasteiger partial charge is 0.113 e. The van der Waals surface area contributed by atoms with Crippen molar-refractivity contribution in [2.75, 3.05) is 18.0 Å². The highest BCUT2D eigenvalue weighted by atomic mass is 15.1. The Morgan fingerprint density at radius 3 is 2.19 bits per heavy atom. The maximum Gasteiger partial charge on any atom is 0.113 e. The fourth-order valence-electron chi connectivity index (χ4n) is 1.88. The van der Waals surface area contributed by atoms with Crippen LogP contribution in [0.15, 0.2) is 24.3 Å². The summed E-state index contributed by atoms with van der Waals surface area (Å²) in [5.41, 5.74) is 2.14. The van der Waals surface area contributed by atoms with E-state index < -0.39 is 0 Å². The molecule has 0 spiro atoms. The number of hydrogen-bond acceptors (Lipinski definition) is 1. The Kier molecular flexibility index (Phi) is 6.06. The normalized spacial score (nSPS) is 10.4. The lowest BCUT2D eigenvalue weighted by molar-refractivity contribution is 0.669. The zero-order valence-corrected chi connectivity index (χ0v) is 10.6. The van der Waals surface area contributed by atoms with Crippen molar-refractivity contribution in [3.05, 3.63) is 24.3 Å². The standard InChI is InChI=1S/C14H22BN/c1-3-5-6-12-16(11-4-2)14-9-7-13(15)8-10-14/h7-10H,3-6,11-12H2,1-2H3. The van der Waals surface area contributed by atoms with E-state index in [4.69, 9.17) is 7.85 Å². The van der Waals surface area contributed by atoms with Gasteiger partial charge in [-0.25, -0.2) is 0 Å². The summed E-state index contributed by atoms with van der Waals surface area (Å²) in [6, 6.07) is 8.21. The molecule has 0 amide bonds. The van der Waals surface area contributed by atoms with Crippen LogP contribution in [0.25, 0.3) is 0 Å². The SMILES string of the molecule is [B]c1ccc(N(CCC)CCCCC)cc1. The Morgan fingerprint density at radius 2 is 1.62 bits per heavy atom. The van der Waals surface area contributed by atoms with Crippen molar-refractivity contribution in [3.63, 3.8) is 0 Å². The molecule has 0 heterocycles. The number of nitrogens with zero attached hydrogens (tertiary/aromatic N) is 1. The third-order valence-electron chi connectivity index (χ3n) is 2.78. The Balaban J connectivity index is 2.57. The van der Waals surface area contributed by atoms with E-state index in [-0.39, 0.29) is 0 Å². The molecule has 1 aromatic rings. The van der Waals surface area contributed by atoms with Gasteiger partial charge in [0.05, 0.1) is 0 Å². The van der Waals surface area contributed by atoms with E-state index in [0.717, 1.165) is 18.6 Å². The molecule has 0 aliphatic rings. The van der Waals surface area contributed by atoms with Crippen LogP contribution in [0.3, 0.4) is 0 Å². The lowest BCUT2D eigenvalue weighted by atomic mass is 9.96. The fourth-order valence-corrected chi connectivity index (χ4v) is 1.88. The van der Waals surface area contributed by atoms with Crippen molar-refractivity contribution in [2.45, 2.75) is 39.5 Å². The van der Waals surface area contributed by atoms with Gasteiger partial charge in [0, 0.05) is 18.8 Å². The van der Waals surface area contributed by atoms with Gasteiger partial charge >= 0.3 is 0 Å². The zero-order chi connectivity index (χ0) is 11.8. The maximum absolute atomic E-state index is 5.70. The molecule has 1 rings (SSSR count). The van der Waals surface area contributed by atoms with Gasteiger partial charge in [0.1, 0.15) is 7.85 Å². The summed E-state index contributed by atoms with van der Waals surface area (Å²) in [5, 5.41) is 0. The highest BCUT2D eigenvalue weighted by Gasteiger charge is 2.04. The highest BCUT2D eigenvalue weighted by molar-refractivity contribution is 6.32. The minimum atomic E-state index is 0.841. The van der Waals surface area contributed by atoms with Crippen molar-refractivity contribution in [3.8, 4) is 0 Å². The first kappa shape index (κ1) is 13.2. The monoisotopic (exact) mass is 215 g/mol. The predicted molar refractivity (Wildman–Crippen MR) is 73.9 cm³/mol. The van der Waals surface area contributed by atoms with Gasteiger partial charge in [-0.1, -0.05) is 44.3 Å². The molecule has 0 atom stereocenters. The van der Waals surface area contributed by atoms with E-state index in [9.17, 15) is 0 Å². The fraction of sp³-hybridized carbons (Fsp3) is 0.571. The molecule has 0 aromatic heterocycles. The Morgan fingerprint density at radius 1 is 0.938 bits per heavy atom. The number of anilines is 1. The second kappa shape index (κ2) is 7.37. The minimum Gasteiger partial charge on any atom is -0.372 e. The summed E-state index contributed by atoms with van der Waals surface area (Å²) in [6.07, 6.45) is 5.06. The van der Waals surface area contributed by atoms with E-state index in [0.29, 0.717) is 0 Å². The van der Waals surface area contributed by atoms with Crippen molar-refractivity contribution in [1.29, 1.82) is 0 Å². The molecule has 86 valence electrons. The van der Waals surface area contributed by atoms with Gasteiger partial charge < -0.3 is 4.90 Å². The third-order valence-corrected chi connectivity index (χ3v) is 2.78. The van der Waals surface area contributed by atoms with Crippen LogP contribution in [0.4, 0.5) is 5.69 Å². The Hall–Kier alpha value is -0.915. The first-order valence-electron chi connectivity index (χ1n) is 6.38. The first-order chi connectivity index (χ1) is 7.77. The summed E-state index contributed by atoms with van der Waals surface area (Å²) in [5.74, 6) is 0. The molecule has 2 radical (unpaired) electrons. The van der Waals surface area contributed by atoms with E-state index >= 15 is 0 Å². The molecule has 0 unspecified atom stereocenters. The molecule has 2 heteroatoms. The summed E-state index contributed by atoms with van der Waals surface area (Å²) in [6.45, 7) is 6.76. The van der Waals surface area contributed by atoms with E-state index in [1.165, 1.54) is 31.4 Å². The molecule has 16 heavy (non-hydrogen) atoms. The molecular weight excluding hydrogens is 193 g/mol. The Bertz CT molecular complexity index is 281. The van der Waals surface area contributed by atoms with Crippen LogP contribution in [0, 0.1) is 0 Å². The van der Waals surface area contributed by atoms with Crippen LogP contribution in [-0.2, 0) is 0 Å². The quantitative estimate of drug-likeness (QED) is 0.499. The van der Waals surface area contributed by atoms with Gasteiger partial charge in [-0.05, 0) is 25.0 Å². The van der Waals surface area contributed by atoms with Crippen LogP contribution < -0.4 is 10.4 Å². The summed E-state index contributed by atoms with van der Waals surface area (Å²) in [4.78, 5) is 2.45. The highest BCUT2D eigenvalue weighted by Crippen LogP contribution is 2.14. The van der Waals surface area contributed by atoms with Crippen molar-refractivity contribution in [2.24, 2.45) is 0 Å². The van der Waals surface area contributed by atoms with Crippen LogP contribution in [0.2, 0.25) is 0 Å². The van der Waals surface area contributed by atoms with Gasteiger partial charge in [-0.15, -0.1) is 0 Å². The minimum absolute atomic E-state index is 0.841. The number of hydrogen-bond donors (Lipinski definition) is 0. The second-order valence-corrected chi connectivity index (χ2v) is 4.29. The lowest BCUT2D eigenvalue weighted by Gasteiger charge is -2.24. The average molecular weight is 215 g/mol. The van der Waals surface area contributed by atoms with Crippen molar-refractivity contribution < 1.29 is 0 Å². The van der Waals surface area contributed by atoms with E-state index in [1.54, 1.807) is 0 Å². The summed E-state index contributed by atoms with van der Waals surface area (Å²) in [7, 11) is 5.70. The van der Waals surface area contributed by atoms with E-state index in [2.05, 4.69) is 30.9 Å². The molecule has 0 aliphatic heterocycles. The molecular formula is C14H22BN. The average Bonchev–Trinajstić information content (AvgIpc) is 2.29. The van der Waals surface area contributed by atoms with Crippen LogP contribution in [0.1, 0.15) is 39.5 Å². The molecule has 1 aromatic carbocycles. The largest absolute Gasteiger partial charge is 0.372 e. The number of unbranched alkanes of at least 4 members (excludes halogenated alkanes) is 2. The third kappa shape index (κ3) is 4.30. The van der Waals surface area contributed by atoms with Gasteiger partial charge in [-0.3, -0.25) is 0 Å². The molecule has 0 bridgehead atoms. The topological polar surface area (TPSA) is 3.24 Å². The van der Waals surface area contributed by atoms with Crippen molar-refractivity contribution in [1.82, 2.24) is 0 Å². The predicted octanol–water partition coefficient (Wildman–Crippen LogP) is 2.89. The summed E-state index contributed by atoms with van der Waals surface area (Å²) < 4.78 is 0. The van der Waals surface area contributed by atoms with Crippen LogP contribution in [0.5, 0.6) is 0 Å². The maximum atomic E-state index is 5.70. The molecule has 0 aliphatic carbocycles. The van der Waals surface area contributed by atoms with Gasteiger partial charge in [0.2, 0.25) is 0 Å².